The SMILES string of the molecule is c1ccc2c(-c3ccc(-c4nc5ccccc5nc4-n4c5ccc(-n6c7ccccc7c7ccccc76)cc5c5c6ccccc6ccc54)cc3)cccc2c1. The summed E-state index contributed by atoms with van der Waals surface area (Å²) in [5, 5.41) is 9.76. The summed E-state index contributed by atoms with van der Waals surface area (Å²) in [6.07, 6.45) is 0. The molecule has 0 aliphatic rings. The van der Waals surface area contributed by atoms with Crippen LogP contribution in [0.25, 0.3) is 110 Å². The van der Waals surface area contributed by atoms with Crippen LogP contribution in [0.1, 0.15) is 0 Å². The van der Waals surface area contributed by atoms with Crippen LogP contribution in [0.4, 0.5) is 0 Å². The highest BCUT2D eigenvalue weighted by Gasteiger charge is 2.22. The minimum absolute atomic E-state index is 0.807. The topological polar surface area (TPSA) is 35.6 Å². The van der Waals surface area contributed by atoms with Crippen molar-refractivity contribution >= 4 is 76.2 Å². The monoisotopic (exact) mass is 712 g/mol. The van der Waals surface area contributed by atoms with Gasteiger partial charge in [0.25, 0.3) is 0 Å². The molecule has 0 aliphatic heterocycles. The summed E-state index contributed by atoms with van der Waals surface area (Å²) in [5.41, 5.74) is 11.6. The van der Waals surface area contributed by atoms with Crippen molar-refractivity contribution in [1.29, 1.82) is 0 Å². The van der Waals surface area contributed by atoms with Crippen LogP contribution < -0.4 is 0 Å². The van der Waals surface area contributed by atoms with Crippen molar-refractivity contribution in [2.24, 2.45) is 0 Å². The Morgan fingerprint density at radius 3 is 1.64 bits per heavy atom. The molecule has 0 aliphatic carbocycles. The lowest BCUT2D eigenvalue weighted by molar-refractivity contribution is 1.08. The molecule has 0 fully saturated rings. The highest BCUT2D eigenvalue weighted by Crippen LogP contribution is 2.41. The average molecular weight is 713 g/mol. The van der Waals surface area contributed by atoms with Crippen LogP contribution in [-0.2, 0) is 0 Å². The summed E-state index contributed by atoms with van der Waals surface area (Å²) in [4.78, 5) is 10.8. The van der Waals surface area contributed by atoms with Crippen LogP contribution in [-0.4, -0.2) is 19.1 Å². The lowest BCUT2D eigenvalue weighted by Gasteiger charge is -2.15. The molecule has 0 spiro atoms. The van der Waals surface area contributed by atoms with E-state index in [1.165, 1.54) is 65.3 Å². The fraction of sp³-hybridized carbons (Fsp3) is 0. The molecular formula is C52H32N4. The zero-order valence-electron chi connectivity index (χ0n) is 30.3. The van der Waals surface area contributed by atoms with Crippen molar-refractivity contribution < 1.29 is 0 Å². The molecule has 0 saturated carbocycles. The first-order chi connectivity index (χ1) is 27.8. The molecule has 0 N–H and O–H groups in total. The molecule has 260 valence electrons. The first-order valence-electron chi connectivity index (χ1n) is 19.1. The lowest BCUT2D eigenvalue weighted by atomic mass is 9.97. The van der Waals surface area contributed by atoms with Gasteiger partial charge in [-0.15, -0.1) is 0 Å². The number of nitrogens with zero attached hydrogens (tertiary/aromatic N) is 4. The van der Waals surface area contributed by atoms with Crippen molar-refractivity contribution in [1.82, 2.24) is 19.1 Å². The Bertz CT molecular complexity index is 3480. The highest BCUT2D eigenvalue weighted by molar-refractivity contribution is 6.22. The van der Waals surface area contributed by atoms with Crippen LogP contribution >= 0.6 is 0 Å². The maximum absolute atomic E-state index is 5.45. The molecule has 4 heteroatoms. The van der Waals surface area contributed by atoms with Crippen molar-refractivity contribution in [3.63, 3.8) is 0 Å². The summed E-state index contributed by atoms with van der Waals surface area (Å²) in [5.74, 6) is 0.807. The number of para-hydroxylation sites is 4. The summed E-state index contributed by atoms with van der Waals surface area (Å²) in [7, 11) is 0. The van der Waals surface area contributed by atoms with Crippen LogP contribution in [0.2, 0.25) is 0 Å². The second kappa shape index (κ2) is 12.0. The maximum atomic E-state index is 5.45. The minimum atomic E-state index is 0.807. The first kappa shape index (κ1) is 30.9. The minimum Gasteiger partial charge on any atom is -0.309 e. The van der Waals surface area contributed by atoms with E-state index in [1.807, 2.05) is 12.1 Å². The molecule has 12 aromatic rings. The second-order valence-electron chi connectivity index (χ2n) is 14.6. The fourth-order valence-electron chi connectivity index (χ4n) is 8.97. The van der Waals surface area contributed by atoms with E-state index in [2.05, 4.69) is 191 Å². The summed E-state index contributed by atoms with van der Waals surface area (Å²) in [6.45, 7) is 0. The zero-order valence-corrected chi connectivity index (χ0v) is 30.3. The third-order valence-corrected chi connectivity index (χ3v) is 11.5. The Labute approximate surface area is 322 Å². The number of benzene rings is 9. The number of rotatable bonds is 4. The molecular weight excluding hydrogens is 681 g/mol. The summed E-state index contributed by atoms with van der Waals surface area (Å²) >= 11 is 0. The first-order valence-corrected chi connectivity index (χ1v) is 19.1. The molecule has 12 rings (SSSR count). The van der Waals surface area contributed by atoms with Gasteiger partial charge in [0.15, 0.2) is 5.82 Å². The van der Waals surface area contributed by atoms with Gasteiger partial charge < -0.3 is 4.57 Å². The normalized spacial score (nSPS) is 11.9. The predicted octanol–water partition coefficient (Wildman–Crippen LogP) is 13.5. The Hall–Kier alpha value is -7.56. The van der Waals surface area contributed by atoms with Gasteiger partial charge in [-0.3, -0.25) is 4.57 Å². The van der Waals surface area contributed by atoms with E-state index in [0.29, 0.717) is 0 Å². The van der Waals surface area contributed by atoms with E-state index >= 15 is 0 Å². The Balaban J connectivity index is 1.13. The van der Waals surface area contributed by atoms with Crippen LogP contribution in [0.15, 0.2) is 194 Å². The Morgan fingerprint density at radius 1 is 0.339 bits per heavy atom. The number of hydrogen-bond acceptors (Lipinski definition) is 2. The summed E-state index contributed by atoms with van der Waals surface area (Å²) < 4.78 is 4.73. The van der Waals surface area contributed by atoms with Gasteiger partial charge in [0.05, 0.1) is 33.1 Å². The quantitative estimate of drug-likeness (QED) is 0.182. The van der Waals surface area contributed by atoms with Gasteiger partial charge in [-0.05, 0) is 81.2 Å². The highest BCUT2D eigenvalue weighted by atomic mass is 15.1. The number of aromatic nitrogens is 4. The molecule has 0 radical (unpaired) electrons. The third kappa shape index (κ3) is 4.53. The molecule has 0 saturated heterocycles. The van der Waals surface area contributed by atoms with Crippen LogP contribution in [0, 0.1) is 0 Å². The van der Waals surface area contributed by atoms with Gasteiger partial charge >= 0.3 is 0 Å². The van der Waals surface area contributed by atoms with E-state index in [0.717, 1.165) is 44.8 Å². The van der Waals surface area contributed by atoms with Gasteiger partial charge in [-0.2, -0.15) is 0 Å². The lowest BCUT2D eigenvalue weighted by Crippen LogP contribution is -2.04. The van der Waals surface area contributed by atoms with Crippen molar-refractivity contribution in [3.8, 4) is 33.9 Å². The molecule has 3 heterocycles. The van der Waals surface area contributed by atoms with Crippen LogP contribution in [0.3, 0.4) is 0 Å². The maximum Gasteiger partial charge on any atom is 0.165 e. The predicted molar refractivity (Wildman–Crippen MR) is 234 cm³/mol. The average Bonchev–Trinajstić information content (AvgIpc) is 3.78. The third-order valence-electron chi connectivity index (χ3n) is 11.5. The molecule has 0 unspecified atom stereocenters. The van der Waals surface area contributed by atoms with Crippen molar-refractivity contribution in [2.75, 3.05) is 0 Å². The Morgan fingerprint density at radius 2 is 0.893 bits per heavy atom. The van der Waals surface area contributed by atoms with E-state index in [-0.39, 0.29) is 0 Å². The summed E-state index contributed by atoms with van der Waals surface area (Å²) in [6, 6.07) is 69.6. The number of hydrogen-bond donors (Lipinski definition) is 0. The molecule has 0 amide bonds. The molecule has 9 aromatic carbocycles. The molecule has 56 heavy (non-hydrogen) atoms. The standard InChI is InChI=1S/C52H32N4/c1-3-15-38-33(12-1)14-11-19-39(38)35-24-26-36(27-25-35)51-52(54-45-21-8-7-20-44(45)53-51)56-48-31-29-37(32-43(48)50-40-16-4-2-13-34(40)28-30-49(50)56)55-46-22-9-5-17-41(46)42-18-6-10-23-47(42)55/h1-32H. The molecule has 3 aromatic heterocycles. The zero-order chi connectivity index (χ0) is 36.7. The van der Waals surface area contributed by atoms with Gasteiger partial charge in [0.1, 0.15) is 5.69 Å². The van der Waals surface area contributed by atoms with E-state index in [9.17, 15) is 0 Å². The second-order valence-corrected chi connectivity index (χ2v) is 14.6. The molecule has 0 bridgehead atoms. The largest absolute Gasteiger partial charge is 0.309 e. The Kier molecular flexibility index (Phi) is 6.60. The van der Waals surface area contributed by atoms with E-state index < -0.39 is 0 Å². The van der Waals surface area contributed by atoms with Gasteiger partial charge in [-0.1, -0.05) is 146 Å². The van der Waals surface area contributed by atoms with Gasteiger partial charge in [-0.25, -0.2) is 9.97 Å². The molecule has 0 atom stereocenters. The smallest absolute Gasteiger partial charge is 0.165 e. The van der Waals surface area contributed by atoms with E-state index in [4.69, 9.17) is 9.97 Å². The van der Waals surface area contributed by atoms with Gasteiger partial charge in [0, 0.05) is 32.8 Å². The van der Waals surface area contributed by atoms with Crippen LogP contribution in [0.5, 0.6) is 0 Å². The van der Waals surface area contributed by atoms with Gasteiger partial charge in [0.2, 0.25) is 0 Å². The van der Waals surface area contributed by atoms with Crippen molar-refractivity contribution in [3.05, 3.63) is 194 Å². The molecule has 4 nitrogen and oxygen atoms in total. The van der Waals surface area contributed by atoms with Crippen molar-refractivity contribution in [2.45, 2.75) is 0 Å². The fourth-order valence-corrected chi connectivity index (χ4v) is 8.97. The van der Waals surface area contributed by atoms with E-state index in [1.54, 1.807) is 0 Å². The number of fused-ring (bicyclic) bond motifs is 10.